The minimum absolute atomic E-state index is 0.746. The molecule has 516 valence electrons. The van der Waals surface area contributed by atoms with Gasteiger partial charge in [0, 0.05) is 13.8 Å². The van der Waals surface area contributed by atoms with Gasteiger partial charge in [0.15, 0.2) is 50.3 Å². The van der Waals surface area contributed by atoms with Crippen LogP contribution in [0.25, 0.3) is 0 Å². The molecule has 0 aromatic carbocycles. The predicted octanol–water partition coefficient (Wildman–Crippen LogP) is -12.0. The predicted molar refractivity (Wildman–Crippen MR) is 279 cm³/mol. The molecule has 37 heteroatoms. The first-order valence-electron chi connectivity index (χ1n) is 29.3. The number of carbonyl (C=O) groups is 2. The lowest BCUT2D eigenvalue weighted by Crippen LogP contribution is -2.70. The topological polar surface area (TPSA) is 561 Å². The van der Waals surface area contributed by atoms with E-state index in [1.807, 2.05) is 0 Å². The standard InChI is InChI=1S/C52H88N2O35/c1-11-25(61)34(70)43(49(77-11)84-39-27(63)15(5)75-45(74)36(39)72)88-52-42(33(69)24(60)14(4)80-52)87-47-22(54-18(8)58)38(30(66)20(10-56)82-47)83-48-37(73)40(28(64)16(6)76-48)85-50-44(35(71)26(62)12(2)78-50)89-51-41(32(68)23(59)13(3)79-51)86-46-21(53-17(7)57)31(67)29(65)19(9-55)81-46/h11-16,19-52,55-56,59-74H,9-10H2,1-8H3,(H,53,57)(H,54,58)/t11-,12-,13-,14-,15-,16-,19+,20+,21+,22+,23-,24-,25-,26-,27-,28-,29+,30+,31+,32+,33+,34+,35+,36+,37+,38+,39+,40+,41+,42+,43+,44+,45-,46-,47-,48-,49-,50-,51-,52-/m0/s1. The summed E-state index contributed by atoms with van der Waals surface area (Å²) in [6.07, 6.45) is -67.8. The lowest BCUT2D eigenvalue weighted by Gasteiger charge is -2.51. The summed E-state index contributed by atoms with van der Waals surface area (Å²) in [5, 5.41) is 205. The van der Waals surface area contributed by atoms with Crippen molar-refractivity contribution in [2.24, 2.45) is 0 Å². The molecule has 0 radical (unpaired) electrons. The van der Waals surface area contributed by atoms with Gasteiger partial charge in [0.2, 0.25) is 11.8 Å². The molecule has 8 rings (SSSR count). The van der Waals surface area contributed by atoms with Gasteiger partial charge in [-0.2, -0.15) is 0 Å². The Hall–Kier alpha value is -2.38. The summed E-state index contributed by atoms with van der Waals surface area (Å²) in [6.45, 7) is 8.10. The molecule has 0 aromatic heterocycles. The molecule has 8 aliphatic heterocycles. The van der Waals surface area contributed by atoms with Crippen LogP contribution in [0.2, 0.25) is 0 Å². The van der Waals surface area contributed by atoms with Gasteiger partial charge in [-0.3, -0.25) is 9.59 Å². The highest BCUT2D eigenvalue weighted by molar-refractivity contribution is 5.73. The van der Waals surface area contributed by atoms with Gasteiger partial charge in [-0.05, 0) is 41.5 Å². The molecule has 0 unspecified atom stereocenters. The average Bonchev–Trinajstić information content (AvgIpc) is 2.65. The molecule has 0 bridgehead atoms. The quantitative estimate of drug-likeness (QED) is 0.0606. The molecular weight excluding hydrogens is 1210 g/mol. The first-order valence-corrected chi connectivity index (χ1v) is 29.3. The fourth-order valence-corrected chi connectivity index (χ4v) is 11.9. The minimum Gasteiger partial charge on any atom is -0.394 e. The van der Waals surface area contributed by atoms with E-state index in [1.165, 1.54) is 41.5 Å². The summed E-state index contributed by atoms with van der Waals surface area (Å²) in [6, 6.07) is -3.39. The van der Waals surface area contributed by atoms with E-state index in [4.69, 9.17) is 71.1 Å². The molecule has 8 fully saturated rings. The molecule has 0 aliphatic carbocycles. The van der Waals surface area contributed by atoms with Crippen molar-refractivity contribution in [1.29, 1.82) is 0 Å². The van der Waals surface area contributed by atoms with Crippen molar-refractivity contribution >= 4 is 11.8 Å². The largest absolute Gasteiger partial charge is 0.394 e. The number of rotatable bonds is 18. The van der Waals surface area contributed by atoms with Gasteiger partial charge in [0.25, 0.3) is 0 Å². The third kappa shape index (κ3) is 15.3. The van der Waals surface area contributed by atoms with E-state index < -0.39 is 271 Å². The second kappa shape index (κ2) is 30.1. The van der Waals surface area contributed by atoms with Gasteiger partial charge in [-0.25, -0.2) is 0 Å². The summed E-state index contributed by atoms with van der Waals surface area (Å²) in [7, 11) is 0. The number of hydrogen-bond donors (Lipinski definition) is 20. The molecule has 40 atom stereocenters. The van der Waals surface area contributed by atoms with Crippen molar-refractivity contribution in [3.05, 3.63) is 0 Å². The maximum Gasteiger partial charge on any atom is 0.217 e. The normalized spacial score (nSPS) is 53.4. The SMILES string of the molecule is CC(=O)N[C@H]1[C@H](O[C@H]2[C@H](O[C@H]3[C@H](O[C@@H]4[C@@H](O)[C@H](C)O[C@@H](O[C@H]5[C@H](O)[C@@H](CO)O[C@@H](O[C@H]6[C@H](O[C@H]7[C@H](O[C@@H]8[C@@H](O)[C@H](C)O[C@H](O)[C@@H]8O)O[C@@H](C)[C@H](O)[C@H]7O)O[C@@H](C)[C@H](O)[C@H]6O)[C@@H]5NC(C)=O)[C@@H]4O)O[C@@H](C)[C@H](O)[C@H]3O)O[C@@H](C)[C@H](O)[C@H]2O)O[C@H](CO)[C@@H](O)[C@@H]1O. The Bertz CT molecular complexity index is 2260. The van der Waals surface area contributed by atoms with Gasteiger partial charge in [0.05, 0.1) is 49.8 Å². The van der Waals surface area contributed by atoms with E-state index in [0.29, 0.717) is 0 Å². The van der Waals surface area contributed by atoms with Gasteiger partial charge in [0.1, 0.15) is 159 Å². The van der Waals surface area contributed by atoms with Crippen molar-refractivity contribution in [3.63, 3.8) is 0 Å². The van der Waals surface area contributed by atoms with Crippen LogP contribution in [0.3, 0.4) is 0 Å². The van der Waals surface area contributed by atoms with E-state index >= 15 is 0 Å². The number of nitrogens with one attached hydrogen (secondary N) is 2. The fourth-order valence-electron chi connectivity index (χ4n) is 11.9. The van der Waals surface area contributed by atoms with E-state index in [-0.39, 0.29) is 0 Å². The fraction of sp³-hybridized carbons (Fsp3) is 0.962. The minimum atomic E-state index is -2.20. The van der Waals surface area contributed by atoms with Gasteiger partial charge >= 0.3 is 0 Å². The van der Waals surface area contributed by atoms with E-state index in [1.54, 1.807) is 0 Å². The zero-order chi connectivity index (χ0) is 65.7. The van der Waals surface area contributed by atoms with Crippen molar-refractivity contribution in [2.45, 2.75) is 301 Å². The van der Waals surface area contributed by atoms with Crippen LogP contribution in [0.1, 0.15) is 55.4 Å². The van der Waals surface area contributed by atoms with Crippen LogP contribution in [-0.4, -0.2) is 362 Å². The second-order valence-corrected chi connectivity index (χ2v) is 23.7. The number of ether oxygens (including phenoxy) is 15. The van der Waals surface area contributed by atoms with Crippen LogP contribution in [0.4, 0.5) is 0 Å². The van der Waals surface area contributed by atoms with Gasteiger partial charge in [-0.15, -0.1) is 0 Å². The highest BCUT2D eigenvalue weighted by Gasteiger charge is 2.60. The average molecular weight is 1300 g/mol. The summed E-state index contributed by atoms with van der Waals surface area (Å²) < 4.78 is 89.2. The highest BCUT2D eigenvalue weighted by atomic mass is 16.8. The number of amides is 2. The third-order valence-electron chi connectivity index (χ3n) is 17.2. The van der Waals surface area contributed by atoms with Crippen molar-refractivity contribution in [3.8, 4) is 0 Å². The Morgan fingerprint density at radius 3 is 0.966 bits per heavy atom. The summed E-state index contributed by atoms with van der Waals surface area (Å²) in [5.74, 6) is -1.61. The molecule has 89 heavy (non-hydrogen) atoms. The number of aliphatic hydroxyl groups is 18. The zero-order valence-corrected chi connectivity index (χ0v) is 49.5. The Labute approximate surface area is 508 Å². The van der Waals surface area contributed by atoms with Crippen molar-refractivity contribution < 1.29 is 173 Å². The van der Waals surface area contributed by atoms with Crippen molar-refractivity contribution in [1.82, 2.24) is 10.6 Å². The first-order chi connectivity index (χ1) is 41.8. The van der Waals surface area contributed by atoms with Crippen LogP contribution < -0.4 is 10.6 Å². The molecule has 0 spiro atoms. The molecule has 20 N–H and O–H groups in total. The smallest absolute Gasteiger partial charge is 0.217 e. The Morgan fingerprint density at radius 2 is 0.584 bits per heavy atom. The molecule has 0 saturated carbocycles. The van der Waals surface area contributed by atoms with Crippen LogP contribution >= 0.6 is 0 Å². The van der Waals surface area contributed by atoms with E-state index in [2.05, 4.69) is 10.6 Å². The lowest BCUT2D eigenvalue weighted by atomic mass is 9.94. The van der Waals surface area contributed by atoms with Crippen LogP contribution in [-0.2, 0) is 80.6 Å². The maximum absolute atomic E-state index is 13.1. The molecule has 8 aliphatic rings. The Kier molecular flexibility index (Phi) is 24.5. The maximum atomic E-state index is 13.1. The highest BCUT2D eigenvalue weighted by Crippen LogP contribution is 2.39. The van der Waals surface area contributed by atoms with Crippen LogP contribution in [0, 0.1) is 0 Å². The molecule has 8 heterocycles. The van der Waals surface area contributed by atoms with Gasteiger partial charge in [-0.1, -0.05) is 0 Å². The van der Waals surface area contributed by atoms with Gasteiger partial charge < -0.3 is 174 Å². The number of aliphatic hydroxyl groups excluding tert-OH is 18. The van der Waals surface area contributed by atoms with E-state index in [9.17, 15) is 102 Å². The Balaban J connectivity index is 1.04. The second-order valence-electron chi connectivity index (χ2n) is 23.7. The van der Waals surface area contributed by atoms with Crippen LogP contribution in [0.5, 0.6) is 0 Å². The summed E-state index contributed by atoms with van der Waals surface area (Å²) in [4.78, 5) is 25.3. The molecule has 37 nitrogen and oxygen atoms in total. The number of carbonyl (C=O) groups excluding carboxylic acids is 2. The molecule has 2 amide bonds. The Morgan fingerprint density at radius 1 is 0.292 bits per heavy atom. The molecule has 8 saturated heterocycles. The van der Waals surface area contributed by atoms with E-state index in [0.717, 1.165) is 13.8 Å². The zero-order valence-electron chi connectivity index (χ0n) is 49.5. The third-order valence-corrected chi connectivity index (χ3v) is 17.2. The summed E-state index contributed by atoms with van der Waals surface area (Å²) >= 11 is 0. The molecule has 0 aromatic rings. The van der Waals surface area contributed by atoms with Crippen LogP contribution in [0.15, 0.2) is 0 Å². The monoisotopic (exact) mass is 1300 g/mol. The number of hydrogen-bond acceptors (Lipinski definition) is 35. The molecular formula is C52H88N2O35. The first kappa shape index (κ1) is 72.4. The lowest BCUT2D eigenvalue weighted by molar-refractivity contribution is -0.403. The van der Waals surface area contributed by atoms with Crippen molar-refractivity contribution in [2.75, 3.05) is 13.2 Å². The summed E-state index contributed by atoms with van der Waals surface area (Å²) in [5.41, 5.74) is 0.